The minimum Gasteiger partial charge on any atom is -0.394 e. The van der Waals surface area contributed by atoms with E-state index in [9.17, 15) is 40.5 Å². The van der Waals surface area contributed by atoms with Crippen LogP contribution in [0.15, 0.2) is 24.3 Å². The van der Waals surface area contributed by atoms with Crippen LogP contribution in [-0.4, -0.2) is 110 Å². The van der Waals surface area contributed by atoms with Gasteiger partial charge in [0.05, 0.1) is 25.4 Å². The minimum absolute atomic E-state index is 0.249. The molecule has 11 heteroatoms. The fraction of sp³-hybridized carbons (Fsp3) is 0.922. The van der Waals surface area contributed by atoms with E-state index >= 15 is 0 Å². The Balaban J connectivity index is 2.28. The normalized spacial score (nSPS) is 19.8. The third kappa shape index (κ3) is 41.3. The zero-order valence-electron chi connectivity index (χ0n) is 48.8. The molecular weight excluding hydrogens is 943 g/mol. The van der Waals surface area contributed by atoms with Crippen molar-refractivity contribution < 1.29 is 50.0 Å². The van der Waals surface area contributed by atoms with Crippen LogP contribution >= 0.6 is 0 Å². The van der Waals surface area contributed by atoms with Gasteiger partial charge in [0, 0.05) is 0 Å². The molecular formula is C64H123NO10. The molecule has 0 aromatic heterocycles. The standard InChI is InChI=1S/C64H123NO10/c1-3-5-7-9-11-13-15-17-19-21-23-25-26-27-28-29-30-32-33-35-37-39-41-43-45-47-49-51-56(67)59(69)55(54-74-64-62(72)61(71)60(70)58(53-66)75-64)65-63(73)57(68)52-50-48-46-44-42-40-38-36-34-31-24-22-20-18-16-14-12-10-8-6-4-2/h35,37,43,45,55-62,64,66-72H,3-34,36,38-42,44,46-54H2,1-2H3,(H,65,73)/b37-35+,45-43+. The number of carbonyl (C=O) groups is 1. The Hall–Kier alpha value is -1.41. The van der Waals surface area contributed by atoms with Crippen molar-refractivity contribution in [2.24, 2.45) is 0 Å². The second-order valence-corrected chi connectivity index (χ2v) is 22.8. The number of carbonyl (C=O) groups excluding carboxylic acids is 1. The fourth-order valence-corrected chi connectivity index (χ4v) is 10.5. The monoisotopic (exact) mass is 1070 g/mol. The molecule has 0 aromatic rings. The van der Waals surface area contributed by atoms with Crippen molar-refractivity contribution in [1.82, 2.24) is 5.32 Å². The van der Waals surface area contributed by atoms with Crippen LogP contribution in [0.5, 0.6) is 0 Å². The topological polar surface area (TPSA) is 189 Å². The Bertz CT molecular complexity index is 1270. The number of aliphatic hydroxyl groups excluding tert-OH is 7. The molecule has 0 radical (unpaired) electrons. The Morgan fingerprint density at radius 3 is 1.19 bits per heavy atom. The lowest BCUT2D eigenvalue weighted by Crippen LogP contribution is -2.60. The molecule has 9 unspecified atom stereocenters. The quantitative estimate of drug-likeness (QED) is 0.0215. The molecule has 0 bridgehead atoms. The van der Waals surface area contributed by atoms with Gasteiger partial charge in [0.2, 0.25) is 5.91 Å². The van der Waals surface area contributed by atoms with E-state index in [2.05, 4.69) is 43.5 Å². The first kappa shape index (κ1) is 71.6. The van der Waals surface area contributed by atoms with Crippen LogP contribution in [0, 0.1) is 0 Å². The van der Waals surface area contributed by atoms with Crippen LogP contribution in [-0.2, 0) is 14.3 Å². The first-order valence-electron chi connectivity index (χ1n) is 32.2. The highest BCUT2D eigenvalue weighted by atomic mass is 16.7. The molecule has 0 spiro atoms. The molecule has 0 aromatic carbocycles. The van der Waals surface area contributed by atoms with Gasteiger partial charge in [-0.3, -0.25) is 4.79 Å². The van der Waals surface area contributed by atoms with Gasteiger partial charge in [0.1, 0.15) is 36.6 Å². The molecule has 9 atom stereocenters. The summed E-state index contributed by atoms with van der Waals surface area (Å²) < 4.78 is 11.2. The van der Waals surface area contributed by atoms with Gasteiger partial charge in [0.15, 0.2) is 6.29 Å². The summed E-state index contributed by atoms with van der Waals surface area (Å²) in [7, 11) is 0. The summed E-state index contributed by atoms with van der Waals surface area (Å²) in [6.45, 7) is 3.48. The van der Waals surface area contributed by atoms with Gasteiger partial charge < -0.3 is 50.5 Å². The predicted molar refractivity (Wildman–Crippen MR) is 312 cm³/mol. The number of ether oxygens (including phenoxy) is 2. The van der Waals surface area contributed by atoms with E-state index in [0.29, 0.717) is 19.3 Å². The first-order chi connectivity index (χ1) is 36.7. The molecule has 0 saturated carbocycles. The zero-order chi connectivity index (χ0) is 54.7. The zero-order valence-corrected chi connectivity index (χ0v) is 48.8. The number of hydrogen-bond donors (Lipinski definition) is 8. The molecule has 11 nitrogen and oxygen atoms in total. The third-order valence-corrected chi connectivity index (χ3v) is 15.7. The van der Waals surface area contributed by atoms with Gasteiger partial charge >= 0.3 is 0 Å². The van der Waals surface area contributed by atoms with Crippen LogP contribution < -0.4 is 5.32 Å². The van der Waals surface area contributed by atoms with Crippen molar-refractivity contribution >= 4 is 5.91 Å². The molecule has 8 N–H and O–H groups in total. The maximum Gasteiger partial charge on any atom is 0.249 e. The number of unbranched alkanes of at least 4 members (excludes halogenated alkanes) is 40. The van der Waals surface area contributed by atoms with Crippen molar-refractivity contribution in [3.8, 4) is 0 Å². The Kier molecular flexibility index (Phi) is 50.8. The average molecular weight is 1070 g/mol. The van der Waals surface area contributed by atoms with Crippen molar-refractivity contribution in [2.45, 2.75) is 364 Å². The molecule has 1 amide bonds. The van der Waals surface area contributed by atoms with Gasteiger partial charge in [-0.1, -0.05) is 282 Å². The van der Waals surface area contributed by atoms with Gasteiger partial charge in [0.25, 0.3) is 0 Å². The predicted octanol–water partition coefficient (Wildman–Crippen LogP) is 14.5. The highest BCUT2D eigenvalue weighted by Crippen LogP contribution is 2.24. The average Bonchev–Trinajstić information content (AvgIpc) is 3.41. The summed E-state index contributed by atoms with van der Waals surface area (Å²) >= 11 is 0. The highest BCUT2D eigenvalue weighted by molar-refractivity contribution is 5.80. The molecule has 0 aliphatic carbocycles. The van der Waals surface area contributed by atoms with Crippen molar-refractivity contribution in [2.75, 3.05) is 13.2 Å². The number of amides is 1. The van der Waals surface area contributed by atoms with E-state index in [1.807, 2.05) is 0 Å². The minimum atomic E-state index is -1.67. The van der Waals surface area contributed by atoms with Crippen LogP contribution in [0.4, 0.5) is 0 Å². The number of allylic oxidation sites excluding steroid dienone is 4. The summed E-state index contributed by atoms with van der Waals surface area (Å²) in [5.41, 5.74) is 0. The van der Waals surface area contributed by atoms with Crippen molar-refractivity contribution in [3.63, 3.8) is 0 Å². The lowest BCUT2D eigenvalue weighted by atomic mass is 9.98. The summed E-state index contributed by atoms with van der Waals surface area (Å²) in [6.07, 6.45) is 53.9. The Morgan fingerprint density at radius 2 is 0.800 bits per heavy atom. The molecule has 1 aliphatic rings. The molecule has 1 fully saturated rings. The molecule has 1 aliphatic heterocycles. The second-order valence-electron chi connectivity index (χ2n) is 22.8. The molecule has 1 rings (SSSR count). The summed E-state index contributed by atoms with van der Waals surface area (Å²) in [4.78, 5) is 13.2. The van der Waals surface area contributed by atoms with Crippen molar-refractivity contribution in [1.29, 1.82) is 0 Å². The number of aliphatic hydroxyl groups is 7. The smallest absolute Gasteiger partial charge is 0.249 e. The van der Waals surface area contributed by atoms with Gasteiger partial charge in [-0.15, -0.1) is 0 Å². The van der Waals surface area contributed by atoms with Crippen LogP contribution in [0.2, 0.25) is 0 Å². The van der Waals surface area contributed by atoms with Gasteiger partial charge in [-0.25, -0.2) is 0 Å². The fourth-order valence-electron chi connectivity index (χ4n) is 10.5. The number of nitrogens with one attached hydrogen (secondary N) is 1. The maximum atomic E-state index is 13.2. The molecule has 444 valence electrons. The lowest BCUT2D eigenvalue weighted by molar-refractivity contribution is -0.303. The lowest BCUT2D eigenvalue weighted by Gasteiger charge is -2.40. The largest absolute Gasteiger partial charge is 0.394 e. The SMILES string of the molecule is CCCCCCCCCCCCCCCCCCCC/C=C/CC/C=C/CCCC(O)C(O)C(COC1OC(CO)C(O)C(O)C1O)NC(=O)C(O)CCCCCCCCCCCCCCCCCCCCCCC. The second kappa shape index (κ2) is 53.2. The van der Waals surface area contributed by atoms with Crippen LogP contribution in [0.25, 0.3) is 0 Å². The Morgan fingerprint density at radius 1 is 0.453 bits per heavy atom. The highest BCUT2D eigenvalue weighted by Gasteiger charge is 2.44. The van der Waals surface area contributed by atoms with Crippen LogP contribution in [0.1, 0.15) is 309 Å². The summed E-state index contributed by atoms with van der Waals surface area (Å²) in [5.74, 6) is -0.704. The van der Waals surface area contributed by atoms with E-state index in [1.165, 1.54) is 225 Å². The third-order valence-electron chi connectivity index (χ3n) is 15.7. The van der Waals surface area contributed by atoms with E-state index in [-0.39, 0.29) is 12.8 Å². The Labute approximate surface area is 461 Å². The van der Waals surface area contributed by atoms with Gasteiger partial charge in [-0.2, -0.15) is 0 Å². The summed E-state index contributed by atoms with van der Waals surface area (Å²) in [6, 6.07) is -1.19. The van der Waals surface area contributed by atoms with Crippen LogP contribution in [0.3, 0.4) is 0 Å². The van der Waals surface area contributed by atoms with E-state index < -0.39 is 74.2 Å². The molecule has 75 heavy (non-hydrogen) atoms. The molecule has 1 saturated heterocycles. The van der Waals surface area contributed by atoms with Crippen molar-refractivity contribution in [3.05, 3.63) is 24.3 Å². The molecule has 1 heterocycles. The van der Waals surface area contributed by atoms with Gasteiger partial charge in [-0.05, 0) is 51.4 Å². The number of hydrogen-bond acceptors (Lipinski definition) is 10. The first-order valence-corrected chi connectivity index (χ1v) is 32.2. The summed E-state index contributed by atoms with van der Waals surface area (Å²) in [5, 5.41) is 76.3. The maximum absolute atomic E-state index is 13.2. The van der Waals surface area contributed by atoms with E-state index in [4.69, 9.17) is 9.47 Å². The van der Waals surface area contributed by atoms with E-state index in [0.717, 1.165) is 38.5 Å². The number of rotatable bonds is 56. The van der Waals surface area contributed by atoms with E-state index in [1.54, 1.807) is 0 Å².